The molecule has 0 amide bonds. The number of nitrogens with two attached hydrogens (primary N) is 1. The lowest BCUT2D eigenvalue weighted by Crippen LogP contribution is -2.28. The van der Waals surface area contributed by atoms with E-state index in [0.29, 0.717) is 6.54 Å². The van der Waals surface area contributed by atoms with Gasteiger partial charge >= 0.3 is 0 Å². The van der Waals surface area contributed by atoms with Crippen LogP contribution < -0.4 is 11.2 Å². The Morgan fingerprint density at radius 3 is 2.67 bits per heavy atom. The van der Waals surface area contributed by atoms with Crippen LogP contribution in [0.3, 0.4) is 0 Å². The maximum Gasteiger partial charge on any atom is 0.120 e. The van der Waals surface area contributed by atoms with E-state index in [2.05, 4.69) is 65.3 Å². The highest BCUT2D eigenvalue weighted by atomic mass is 15.3. The van der Waals surface area contributed by atoms with Gasteiger partial charge in [-0.3, -0.25) is 15.4 Å². The van der Waals surface area contributed by atoms with Gasteiger partial charge in [0.1, 0.15) is 5.84 Å². The zero-order chi connectivity index (χ0) is 20.1. The van der Waals surface area contributed by atoms with Crippen molar-refractivity contribution in [1.82, 2.24) is 5.43 Å². The number of allylic oxidation sites excluding steroid dienone is 2. The summed E-state index contributed by atoms with van der Waals surface area (Å²) < 4.78 is 0. The second-order valence-corrected chi connectivity index (χ2v) is 6.75. The summed E-state index contributed by atoms with van der Waals surface area (Å²) in [5, 5.41) is 3.80. The van der Waals surface area contributed by atoms with E-state index in [9.17, 15) is 0 Å². The van der Waals surface area contributed by atoms with Gasteiger partial charge in [-0.05, 0) is 70.5 Å². The lowest BCUT2D eigenvalue weighted by Gasteiger charge is -2.20. The summed E-state index contributed by atoms with van der Waals surface area (Å²) in [6.07, 6.45) is 6.59. The molecule has 0 aliphatic carbocycles. The Bertz CT molecular complexity index is 673. The molecule has 1 rings (SSSR count). The van der Waals surface area contributed by atoms with Gasteiger partial charge in [0.2, 0.25) is 0 Å². The molecule has 0 saturated carbocycles. The van der Waals surface area contributed by atoms with Crippen LogP contribution in [0.1, 0.15) is 50.7 Å². The first-order valence-electron chi connectivity index (χ1n) is 9.67. The number of hydrogen-bond acceptors (Lipinski definition) is 4. The highest BCUT2D eigenvalue weighted by molar-refractivity contribution is 5.84. The van der Waals surface area contributed by atoms with Crippen LogP contribution in [0.15, 0.2) is 50.6 Å². The molecule has 3 N–H and O–H groups in total. The molecule has 0 heterocycles. The Balaban J connectivity index is 2.98. The number of aliphatic imine (C=N–C) groups is 2. The lowest BCUT2D eigenvalue weighted by molar-refractivity contribution is 0.569. The smallest absolute Gasteiger partial charge is 0.120 e. The van der Waals surface area contributed by atoms with Crippen LogP contribution in [0, 0.1) is 12.8 Å². The van der Waals surface area contributed by atoms with Gasteiger partial charge in [-0.1, -0.05) is 29.8 Å². The van der Waals surface area contributed by atoms with Gasteiger partial charge in [0, 0.05) is 31.6 Å². The fourth-order valence-corrected chi connectivity index (χ4v) is 3.19. The summed E-state index contributed by atoms with van der Waals surface area (Å²) in [4.78, 5) is 9.04. The minimum atomic E-state index is 0.205. The maximum atomic E-state index is 5.73. The molecular formula is C22H35N5. The van der Waals surface area contributed by atoms with Crippen molar-refractivity contribution in [2.75, 3.05) is 13.6 Å². The summed E-state index contributed by atoms with van der Waals surface area (Å²) in [5.41, 5.74) is 13.8. The molecule has 0 aliphatic rings. The first-order valence-corrected chi connectivity index (χ1v) is 9.67. The molecule has 5 heteroatoms. The predicted molar refractivity (Wildman–Crippen MR) is 119 cm³/mol. The molecule has 1 aromatic rings. The van der Waals surface area contributed by atoms with E-state index in [1.54, 1.807) is 7.05 Å². The molecule has 1 atom stereocenters. The quantitative estimate of drug-likeness (QED) is 0.347. The van der Waals surface area contributed by atoms with Crippen molar-refractivity contribution in [2.24, 2.45) is 26.7 Å². The van der Waals surface area contributed by atoms with Gasteiger partial charge in [-0.25, -0.2) is 0 Å². The second-order valence-electron chi connectivity index (χ2n) is 6.75. The van der Waals surface area contributed by atoms with Gasteiger partial charge in [0.05, 0.1) is 0 Å². The van der Waals surface area contributed by atoms with Gasteiger partial charge < -0.3 is 5.73 Å². The van der Waals surface area contributed by atoms with Crippen LogP contribution in [0.2, 0.25) is 0 Å². The minimum absolute atomic E-state index is 0.205. The summed E-state index contributed by atoms with van der Waals surface area (Å²) in [5.74, 6) is 1.05. The van der Waals surface area contributed by atoms with Crippen molar-refractivity contribution >= 4 is 18.8 Å². The SMILES string of the molecule is C=NNC(=NC)C(CCCN)C/C(N=CC)=C(/C)CCc1ccccc1C. The van der Waals surface area contributed by atoms with Crippen molar-refractivity contribution in [3.05, 3.63) is 46.7 Å². The molecule has 0 saturated heterocycles. The zero-order valence-corrected chi connectivity index (χ0v) is 17.3. The number of benzene rings is 1. The molecular weight excluding hydrogens is 334 g/mol. The number of rotatable bonds is 11. The monoisotopic (exact) mass is 369 g/mol. The number of nitrogens with one attached hydrogen (secondary N) is 1. The Labute approximate surface area is 164 Å². The highest BCUT2D eigenvalue weighted by Gasteiger charge is 2.18. The molecule has 0 aliphatic heterocycles. The predicted octanol–water partition coefficient (Wildman–Crippen LogP) is 4.27. The van der Waals surface area contributed by atoms with Crippen molar-refractivity contribution in [2.45, 2.75) is 52.9 Å². The molecule has 148 valence electrons. The van der Waals surface area contributed by atoms with Gasteiger partial charge in [-0.2, -0.15) is 5.10 Å². The molecule has 0 fully saturated rings. The third kappa shape index (κ3) is 7.87. The standard InChI is InChI=1S/C22H35N5/c1-6-26-21(16-20(12-9-15-23)22(24-4)27-25-5)18(3)13-14-19-11-8-7-10-17(19)2/h6-8,10-11,20H,5,9,12-16,23H2,1-4H3,(H,24,27)/b21-18+,26-6?. The van der Waals surface area contributed by atoms with Crippen molar-refractivity contribution in [3.63, 3.8) is 0 Å². The largest absolute Gasteiger partial charge is 0.330 e. The maximum absolute atomic E-state index is 5.73. The molecule has 0 aromatic heterocycles. The number of nitrogens with zero attached hydrogens (tertiary/aromatic N) is 3. The van der Waals surface area contributed by atoms with E-state index in [0.717, 1.165) is 43.6 Å². The van der Waals surface area contributed by atoms with E-state index in [-0.39, 0.29) is 5.92 Å². The van der Waals surface area contributed by atoms with E-state index >= 15 is 0 Å². The average molecular weight is 370 g/mol. The van der Waals surface area contributed by atoms with E-state index in [1.165, 1.54) is 16.7 Å². The molecule has 0 radical (unpaired) electrons. The first-order chi connectivity index (χ1) is 13.1. The zero-order valence-electron chi connectivity index (χ0n) is 17.3. The van der Waals surface area contributed by atoms with Crippen LogP contribution in [0.4, 0.5) is 0 Å². The molecule has 0 bridgehead atoms. The summed E-state index contributed by atoms with van der Waals surface area (Å²) in [6, 6.07) is 8.56. The topological polar surface area (TPSA) is 75.1 Å². The Morgan fingerprint density at radius 2 is 2.07 bits per heavy atom. The Kier molecular flexibility index (Phi) is 10.9. The molecule has 0 spiro atoms. The second kappa shape index (κ2) is 13.0. The van der Waals surface area contributed by atoms with Gasteiger partial charge in [0.25, 0.3) is 0 Å². The molecule has 5 nitrogen and oxygen atoms in total. The third-order valence-electron chi connectivity index (χ3n) is 4.83. The van der Waals surface area contributed by atoms with Crippen LogP contribution >= 0.6 is 0 Å². The van der Waals surface area contributed by atoms with Crippen LogP contribution in [0.25, 0.3) is 0 Å². The lowest BCUT2D eigenvalue weighted by atomic mass is 9.93. The highest BCUT2D eigenvalue weighted by Crippen LogP contribution is 2.24. The van der Waals surface area contributed by atoms with Crippen LogP contribution in [0.5, 0.6) is 0 Å². The number of hydrazone groups is 1. The van der Waals surface area contributed by atoms with Crippen LogP contribution in [-0.2, 0) is 6.42 Å². The Morgan fingerprint density at radius 1 is 1.33 bits per heavy atom. The number of hydrogen-bond donors (Lipinski definition) is 2. The average Bonchev–Trinajstić information content (AvgIpc) is 2.67. The number of aryl methyl sites for hydroxylation is 2. The van der Waals surface area contributed by atoms with Gasteiger partial charge in [0.15, 0.2) is 0 Å². The van der Waals surface area contributed by atoms with E-state index in [1.807, 2.05) is 13.1 Å². The minimum Gasteiger partial charge on any atom is -0.330 e. The fraction of sp³-hybridized carbons (Fsp3) is 0.500. The van der Waals surface area contributed by atoms with Crippen LogP contribution in [-0.4, -0.2) is 32.4 Å². The van der Waals surface area contributed by atoms with Crippen molar-refractivity contribution in [3.8, 4) is 0 Å². The molecule has 1 aromatic carbocycles. The number of amidine groups is 1. The van der Waals surface area contributed by atoms with E-state index in [4.69, 9.17) is 5.73 Å². The molecule has 1 unspecified atom stereocenters. The first kappa shape index (κ1) is 22.8. The summed E-state index contributed by atoms with van der Waals surface area (Å²) >= 11 is 0. The Hall–Kier alpha value is -2.27. The van der Waals surface area contributed by atoms with Gasteiger partial charge in [-0.15, -0.1) is 0 Å². The summed E-state index contributed by atoms with van der Waals surface area (Å²) in [7, 11) is 1.78. The summed E-state index contributed by atoms with van der Waals surface area (Å²) in [6.45, 7) is 10.5. The van der Waals surface area contributed by atoms with E-state index < -0.39 is 0 Å². The normalized spacial score (nSPS) is 14.2. The molecule has 27 heavy (non-hydrogen) atoms. The van der Waals surface area contributed by atoms with Crippen molar-refractivity contribution < 1.29 is 0 Å². The fourth-order valence-electron chi connectivity index (χ4n) is 3.19. The van der Waals surface area contributed by atoms with Crippen molar-refractivity contribution in [1.29, 1.82) is 0 Å². The third-order valence-corrected chi connectivity index (χ3v) is 4.83.